The average molecular weight is 465 g/mol. The van der Waals surface area contributed by atoms with Crippen molar-refractivity contribution in [3.8, 4) is 0 Å². The molecule has 1 atom stereocenters. The minimum atomic E-state index is -1.17. The Morgan fingerprint density at radius 3 is 2.26 bits per heavy atom. The molecule has 1 aliphatic heterocycles. The molecule has 3 amide bonds. The minimum absolute atomic E-state index is 0.0185. The lowest BCUT2D eigenvalue weighted by Gasteiger charge is -2.45. The van der Waals surface area contributed by atoms with Gasteiger partial charge in [-0.2, -0.15) is 0 Å². The van der Waals surface area contributed by atoms with Gasteiger partial charge in [-0.05, 0) is 44.9 Å². The van der Waals surface area contributed by atoms with Crippen molar-refractivity contribution in [2.24, 2.45) is 5.41 Å². The van der Waals surface area contributed by atoms with Crippen LogP contribution in [0.2, 0.25) is 0 Å². The van der Waals surface area contributed by atoms with E-state index in [1.807, 2.05) is 30.3 Å². The molecule has 0 aromatic heterocycles. The summed E-state index contributed by atoms with van der Waals surface area (Å²) in [6.07, 6.45) is 1.26. The molecule has 2 aromatic rings. The first-order valence-corrected chi connectivity index (χ1v) is 11.3. The van der Waals surface area contributed by atoms with Gasteiger partial charge in [0.05, 0.1) is 18.6 Å². The fraction of sp³-hybridized carbons (Fsp3) is 0.370. The zero-order valence-corrected chi connectivity index (χ0v) is 20.0. The first-order valence-electron chi connectivity index (χ1n) is 11.3. The fourth-order valence-electron chi connectivity index (χ4n) is 3.88. The molecule has 0 radical (unpaired) electrons. The second-order valence-corrected chi connectivity index (χ2v) is 9.48. The lowest BCUT2D eigenvalue weighted by molar-refractivity contribution is -0.153. The summed E-state index contributed by atoms with van der Waals surface area (Å²) in [5.74, 6) is -0.871. The Kier molecular flexibility index (Phi) is 7.89. The largest absolute Gasteiger partial charge is 0.444 e. The Bertz CT molecular complexity index is 1020. The number of allylic oxidation sites excluding steroid dienone is 1. The van der Waals surface area contributed by atoms with E-state index >= 15 is 0 Å². The molecular weight excluding hydrogens is 432 g/mol. The molecule has 0 N–H and O–H groups in total. The normalized spacial score (nSPS) is 18.5. The van der Waals surface area contributed by atoms with E-state index in [9.17, 15) is 14.4 Å². The monoisotopic (exact) mass is 464 g/mol. The number of hydrogen-bond donors (Lipinski definition) is 0. The van der Waals surface area contributed by atoms with E-state index in [0.29, 0.717) is 12.2 Å². The highest BCUT2D eigenvalue weighted by Crippen LogP contribution is 2.33. The third-order valence-electron chi connectivity index (χ3n) is 5.45. The van der Waals surface area contributed by atoms with E-state index in [1.54, 1.807) is 57.2 Å². The molecule has 180 valence electrons. The van der Waals surface area contributed by atoms with Gasteiger partial charge in [-0.15, -0.1) is 6.58 Å². The number of amides is 3. The number of nitrogens with zero attached hydrogens (tertiary/aromatic N) is 2. The third-order valence-corrected chi connectivity index (χ3v) is 5.45. The number of imide groups is 1. The molecule has 7 heteroatoms. The second kappa shape index (κ2) is 10.7. The molecule has 2 aromatic carbocycles. The van der Waals surface area contributed by atoms with Gasteiger partial charge in [0, 0.05) is 12.1 Å². The van der Waals surface area contributed by atoms with Gasteiger partial charge in [-0.3, -0.25) is 19.4 Å². The third kappa shape index (κ3) is 6.11. The first kappa shape index (κ1) is 25.2. The summed E-state index contributed by atoms with van der Waals surface area (Å²) in [6.45, 7) is 9.30. The van der Waals surface area contributed by atoms with Crippen LogP contribution in [-0.4, -0.2) is 53.1 Å². The average Bonchev–Trinajstić information content (AvgIpc) is 2.80. The highest BCUT2D eigenvalue weighted by atomic mass is 16.6. The molecule has 0 aliphatic carbocycles. The molecule has 7 nitrogen and oxygen atoms in total. The summed E-state index contributed by atoms with van der Waals surface area (Å²) in [4.78, 5) is 42.6. The van der Waals surface area contributed by atoms with Crippen molar-refractivity contribution >= 4 is 17.9 Å². The van der Waals surface area contributed by atoms with Gasteiger partial charge in [0.25, 0.3) is 5.91 Å². The molecule has 1 aliphatic rings. The van der Waals surface area contributed by atoms with Gasteiger partial charge < -0.3 is 9.47 Å². The van der Waals surface area contributed by atoms with Crippen molar-refractivity contribution in [3.63, 3.8) is 0 Å². The van der Waals surface area contributed by atoms with Crippen LogP contribution in [-0.2, 0) is 20.9 Å². The van der Waals surface area contributed by atoms with E-state index in [0.717, 1.165) is 10.5 Å². The van der Waals surface area contributed by atoms with Crippen LogP contribution in [0.3, 0.4) is 0 Å². The van der Waals surface area contributed by atoms with Gasteiger partial charge in [0.2, 0.25) is 5.91 Å². The Hall–Kier alpha value is -3.45. The molecule has 1 fully saturated rings. The van der Waals surface area contributed by atoms with Crippen molar-refractivity contribution in [1.29, 1.82) is 0 Å². The summed E-state index contributed by atoms with van der Waals surface area (Å²) < 4.78 is 11.5. The van der Waals surface area contributed by atoms with Crippen LogP contribution in [0.5, 0.6) is 0 Å². The molecule has 0 spiro atoms. The van der Waals surface area contributed by atoms with Gasteiger partial charge in [0.15, 0.2) is 0 Å². The van der Waals surface area contributed by atoms with Crippen LogP contribution in [0.4, 0.5) is 4.79 Å². The maximum Gasteiger partial charge on any atom is 0.411 e. The summed E-state index contributed by atoms with van der Waals surface area (Å²) in [5.41, 5.74) is -0.575. The highest BCUT2D eigenvalue weighted by molar-refractivity contribution is 6.07. The van der Waals surface area contributed by atoms with Crippen molar-refractivity contribution < 1.29 is 23.9 Å². The zero-order chi connectivity index (χ0) is 24.8. The molecule has 34 heavy (non-hydrogen) atoms. The topological polar surface area (TPSA) is 76.2 Å². The number of ether oxygens (including phenoxy) is 2. The molecular formula is C27H32N2O5. The van der Waals surface area contributed by atoms with Crippen LogP contribution in [0.1, 0.15) is 43.1 Å². The molecule has 0 unspecified atom stereocenters. The number of carbonyl (C=O) groups is 3. The molecule has 1 saturated heterocycles. The van der Waals surface area contributed by atoms with Gasteiger partial charge in [-0.1, -0.05) is 54.6 Å². The fourth-order valence-corrected chi connectivity index (χ4v) is 3.88. The Morgan fingerprint density at radius 2 is 1.68 bits per heavy atom. The summed E-state index contributed by atoms with van der Waals surface area (Å²) in [7, 11) is 0. The Balaban J connectivity index is 1.91. The highest BCUT2D eigenvalue weighted by Gasteiger charge is 2.50. The number of rotatable bonds is 7. The van der Waals surface area contributed by atoms with Crippen molar-refractivity contribution in [1.82, 2.24) is 9.80 Å². The standard InChI is InChI=1S/C27H32N2O5/c1-5-16-27(19-33-17-21-12-8-6-9-13-21)18-28(25(32)34-26(2,3)4)20-29(24(27)31)23(30)22-14-10-7-11-15-22/h5-15H,1,16-20H2,2-4H3/t27-/m1/s1. The Labute approximate surface area is 200 Å². The zero-order valence-electron chi connectivity index (χ0n) is 20.0. The predicted octanol–water partition coefficient (Wildman–Crippen LogP) is 4.64. The molecule has 0 saturated carbocycles. The van der Waals surface area contributed by atoms with E-state index in [-0.39, 0.29) is 26.2 Å². The minimum Gasteiger partial charge on any atom is -0.444 e. The first-order chi connectivity index (χ1) is 16.1. The smallest absolute Gasteiger partial charge is 0.411 e. The van der Waals surface area contributed by atoms with Crippen LogP contribution in [0.15, 0.2) is 73.3 Å². The lowest BCUT2D eigenvalue weighted by atomic mass is 9.81. The van der Waals surface area contributed by atoms with Crippen LogP contribution < -0.4 is 0 Å². The van der Waals surface area contributed by atoms with Crippen LogP contribution in [0, 0.1) is 5.41 Å². The maximum absolute atomic E-state index is 13.7. The Morgan fingerprint density at radius 1 is 1.06 bits per heavy atom. The quantitative estimate of drug-likeness (QED) is 0.441. The van der Waals surface area contributed by atoms with Crippen LogP contribution >= 0.6 is 0 Å². The summed E-state index contributed by atoms with van der Waals surface area (Å²) in [6, 6.07) is 18.1. The molecule has 3 rings (SSSR count). The predicted molar refractivity (Wildman–Crippen MR) is 129 cm³/mol. The van der Waals surface area contributed by atoms with E-state index < -0.39 is 28.9 Å². The van der Waals surface area contributed by atoms with Gasteiger partial charge >= 0.3 is 6.09 Å². The number of carbonyl (C=O) groups excluding carboxylic acids is 3. The lowest BCUT2D eigenvalue weighted by Crippen LogP contribution is -2.63. The summed E-state index contributed by atoms with van der Waals surface area (Å²) >= 11 is 0. The molecule has 0 bridgehead atoms. The number of hydrogen-bond acceptors (Lipinski definition) is 5. The van der Waals surface area contributed by atoms with E-state index in [1.165, 1.54) is 4.90 Å². The van der Waals surface area contributed by atoms with Crippen LogP contribution in [0.25, 0.3) is 0 Å². The van der Waals surface area contributed by atoms with Crippen molar-refractivity contribution in [2.75, 3.05) is 19.8 Å². The molecule has 1 heterocycles. The van der Waals surface area contributed by atoms with E-state index in [2.05, 4.69) is 6.58 Å². The second-order valence-electron chi connectivity index (χ2n) is 9.48. The maximum atomic E-state index is 13.7. The van der Waals surface area contributed by atoms with Gasteiger partial charge in [-0.25, -0.2) is 4.79 Å². The SMILES string of the molecule is C=CC[C@]1(COCc2ccccc2)CN(C(=O)OC(C)(C)C)CN(C(=O)c2ccccc2)C1=O. The van der Waals surface area contributed by atoms with Gasteiger partial charge in [0.1, 0.15) is 12.3 Å². The van der Waals surface area contributed by atoms with E-state index in [4.69, 9.17) is 9.47 Å². The summed E-state index contributed by atoms with van der Waals surface area (Å²) in [5, 5.41) is 0. The van der Waals surface area contributed by atoms with Crippen molar-refractivity contribution in [2.45, 2.75) is 39.4 Å². The van der Waals surface area contributed by atoms with Crippen molar-refractivity contribution in [3.05, 3.63) is 84.4 Å². The number of benzene rings is 2.